The van der Waals surface area contributed by atoms with Crippen molar-refractivity contribution in [3.05, 3.63) is 0 Å². The number of hydrogen-bond acceptors (Lipinski definition) is 0. The molecule has 0 nitrogen and oxygen atoms in total. The van der Waals surface area contributed by atoms with Crippen molar-refractivity contribution in [2.75, 3.05) is 0 Å². The third-order valence-corrected chi connectivity index (χ3v) is 6.80. The van der Waals surface area contributed by atoms with Gasteiger partial charge in [-0.1, -0.05) is 52.4 Å². The molecule has 0 bridgehead atoms. The minimum atomic E-state index is 1.03. The van der Waals surface area contributed by atoms with E-state index in [1.54, 1.807) is 44.9 Å². The van der Waals surface area contributed by atoms with Crippen molar-refractivity contribution in [1.29, 1.82) is 0 Å². The molecule has 0 saturated heterocycles. The Morgan fingerprint density at radius 3 is 2.58 bits per heavy atom. The summed E-state index contributed by atoms with van der Waals surface area (Å²) in [5.74, 6) is 6.72. The van der Waals surface area contributed by atoms with Gasteiger partial charge >= 0.3 is 0 Å². The van der Waals surface area contributed by atoms with Crippen molar-refractivity contribution in [1.82, 2.24) is 0 Å². The molecule has 0 radical (unpaired) electrons. The molecule has 3 fully saturated rings. The van der Waals surface area contributed by atoms with Gasteiger partial charge in [-0.3, -0.25) is 0 Å². The molecule has 0 aliphatic heterocycles. The maximum absolute atomic E-state index is 2.52. The first-order chi connectivity index (χ1) is 9.29. The summed E-state index contributed by atoms with van der Waals surface area (Å²) >= 11 is 0. The second kappa shape index (κ2) is 6.19. The van der Waals surface area contributed by atoms with Crippen LogP contribution in [-0.4, -0.2) is 0 Å². The Labute approximate surface area is 120 Å². The van der Waals surface area contributed by atoms with Gasteiger partial charge in [-0.25, -0.2) is 0 Å². The van der Waals surface area contributed by atoms with E-state index in [2.05, 4.69) is 13.8 Å². The summed E-state index contributed by atoms with van der Waals surface area (Å²) in [6.07, 6.45) is 16.9. The highest BCUT2D eigenvalue weighted by Crippen LogP contribution is 2.57. The van der Waals surface area contributed by atoms with Gasteiger partial charge in [0.25, 0.3) is 0 Å². The molecule has 0 aromatic heterocycles. The van der Waals surface area contributed by atoms with Crippen LogP contribution in [-0.2, 0) is 0 Å². The predicted octanol–water partition coefficient (Wildman–Crippen LogP) is 6.06. The van der Waals surface area contributed by atoms with Crippen LogP contribution in [0, 0.1) is 35.5 Å². The summed E-state index contributed by atoms with van der Waals surface area (Å²) in [7, 11) is 0. The maximum atomic E-state index is 2.52. The highest BCUT2D eigenvalue weighted by molar-refractivity contribution is 4.98. The molecule has 6 unspecified atom stereocenters. The van der Waals surface area contributed by atoms with Crippen LogP contribution < -0.4 is 0 Å². The van der Waals surface area contributed by atoms with E-state index in [9.17, 15) is 0 Å². The van der Waals surface area contributed by atoms with E-state index in [0.29, 0.717) is 0 Å². The number of unbranched alkanes of at least 4 members (excludes halogenated alkanes) is 3. The molecule has 0 heteroatoms. The van der Waals surface area contributed by atoms with Gasteiger partial charge in [-0.15, -0.1) is 0 Å². The molecular weight excluding hydrogens is 228 g/mol. The molecular formula is C19H34. The molecule has 0 spiro atoms. The van der Waals surface area contributed by atoms with Gasteiger partial charge < -0.3 is 0 Å². The lowest BCUT2D eigenvalue weighted by Crippen LogP contribution is -2.35. The molecule has 0 amide bonds. The highest BCUT2D eigenvalue weighted by atomic mass is 14.5. The Morgan fingerprint density at radius 1 is 0.842 bits per heavy atom. The van der Waals surface area contributed by atoms with Crippen molar-refractivity contribution in [2.45, 2.75) is 84.5 Å². The minimum absolute atomic E-state index is 1.03. The fourth-order valence-electron chi connectivity index (χ4n) is 6.10. The summed E-state index contributed by atoms with van der Waals surface area (Å²) in [5.41, 5.74) is 0. The molecule has 6 atom stereocenters. The van der Waals surface area contributed by atoms with Gasteiger partial charge in [-0.05, 0) is 67.6 Å². The van der Waals surface area contributed by atoms with Crippen LogP contribution in [0.1, 0.15) is 84.5 Å². The van der Waals surface area contributed by atoms with Crippen LogP contribution in [0.2, 0.25) is 0 Å². The third-order valence-electron chi connectivity index (χ3n) is 6.80. The van der Waals surface area contributed by atoms with Gasteiger partial charge in [0.2, 0.25) is 0 Å². The molecule has 3 aliphatic rings. The Bertz CT molecular complexity index is 282. The maximum Gasteiger partial charge on any atom is -0.0352 e. The van der Waals surface area contributed by atoms with E-state index in [1.165, 1.54) is 25.7 Å². The molecule has 0 aromatic carbocycles. The standard InChI is InChI=1S/C19H34/c1-3-4-5-6-9-18-17-10-7-8-15(17)13-16-11-14(2)12-19(16)18/h14-19H,3-13H2,1-2H3. The number of fused-ring (bicyclic) bond motifs is 2. The second-order valence-electron chi connectivity index (χ2n) is 8.10. The topological polar surface area (TPSA) is 0 Å². The van der Waals surface area contributed by atoms with Crippen LogP contribution in [0.15, 0.2) is 0 Å². The summed E-state index contributed by atoms with van der Waals surface area (Å²) < 4.78 is 0. The summed E-state index contributed by atoms with van der Waals surface area (Å²) in [6, 6.07) is 0. The molecule has 3 saturated carbocycles. The average molecular weight is 262 g/mol. The van der Waals surface area contributed by atoms with Crippen molar-refractivity contribution >= 4 is 0 Å². The van der Waals surface area contributed by atoms with Crippen molar-refractivity contribution < 1.29 is 0 Å². The van der Waals surface area contributed by atoms with Gasteiger partial charge in [0.1, 0.15) is 0 Å². The van der Waals surface area contributed by atoms with E-state index in [4.69, 9.17) is 0 Å². The van der Waals surface area contributed by atoms with E-state index < -0.39 is 0 Å². The Morgan fingerprint density at radius 2 is 1.74 bits per heavy atom. The lowest BCUT2D eigenvalue weighted by atomic mass is 9.62. The Hall–Kier alpha value is 0. The van der Waals surface area contributed by atoms with E-state index in [0.717, 1.165) is 35.5 Å². The summed E-state index contributed by atoms with van der Waals surface area (Å²) in [6.45, 7) is 4.85. The van der Waals surface area contributed by atoms with Crippen LogP contribution in [0.4, 0.5) is 0 Å². The first-order valence-corrected chi connectivity index (χ1v) is 9.29. The van der Waals surface area contributed by atoms with Crippen LogP contribution in [0.25, 0.3) is 0 Å². The predicted molar refractivity (Wildman–Crippen MR) is 83.1 cm³/mol. The highest BCUT2D eigenvalue weighted by Gasteiger charge is 2.48. The van der Waals surface area contributed by atoms with Gasteiger partial charge in [0.05, 0.1) is 0 Å². The van der Waals surface area contributed by atoms with Gasteiger partial charge in [-0.2, -0.15) is 0 Å². The summed E-state index contributed by atoms with van der Waals surface area (Å²) in [5, 5.41) is 0. The molecule has 110 valence electrons. The monoisotopic (exact) mass is 262 g/mol. The average Bonchev–Trinajstić information content (AvgIpc) is 2.98. The van der Waals surface area contributed by atoms with Gasteiger partial charge in [0, 0.05) is 0 Å². The zero-order chi connectivity index (χ0) is 13.2. The molecule has 19 heavy (non-hydrogen) atoms. The smallest absolute Gasteiger partial charge is 0.0352 e. The lowest BCUT2D eigenvalue weighted by molar-refractivity contribution is 0.0642. The fourth-order valence-corrected chi connectivity index (χ4v) is 6.10. The zero-order valence-electron chi connectivity index (χ0n) is 13.2. The van der Waals surface area contributed by atoms with Crippen molar-refractivity contribution in [2.24, 2.45) is 35.5 Å². The van der Waals surface area contributed by atoms with Gasteiger partial charge in [0.15, 0.2) is 0 Å². The zero-order valence-corrected chi connectivity index (χ0v) is 13.2. The first-order valence-electron chi connectivity index (χ1n) is 9.29. The molecule has 0 N–H and O–H groups in total. The van der Waals surface area contributed by atoms with Crippen LogP contribution in [0.5, 0.6) is 0 Å². The van der Waals surface area contributed by atoms with E-state index in [-0.39, 0.29) is 0 Å². The normalized spacial score (nSPS) is 45.2. The third kappa shape index (κ3) is 2.88. The SMILES string of the molecule is CCCCCCC1C2CCCC2CC2CC(C)CC21. The number of rotatable bonds is 5. The molecule has 0 heterocycles. The van der Waals surface area contributed by atoms with Crippen molar-refractivity contribution in [3.63, 3.8) is 0 Å². The fraction of sp³-hybridized carbons (Fsp3) is 1.00. The van der Waals surface area contributed by atoms with E-state index >= 15 is 0 Å². The van der Waals surface area contributed by atoms with Crippen LogP contribution >= 0.6 is 0 Å². The summed E-state index contributed by atoms with van der Waals surface area (Å²) in [4.78, 5) is 0. The lowest BCUT2D eigenvalue weighted by Gasteiger charge is -2.43. The Kier molecular flexibility index (Phi) is 4.54. The minimum Gasteiger partial charge on any atom is -0.0654 e. The number of hydrogen-bond donors (Lipinski definition) is 0. The van der Waals surface area contributed by atoms with Crippen molar-refractivity contribution in [3.8, 4) is 0 Å². The quantitative estimate of drug-likeness (QED) is 0.529. The van der Waals surface area contributed by atoms with Crippen LogP contribution in [0.3, 0.4) is 0 Å². The molecule has 3 aliphatic carbocycles. The molecule has 0 aromatic rings. The largest absolute Gasteiger partial charge is 0.0654 e. The molecule has 3 rings (SSSR count). The first kappa shape index (κ1) is 14.0. The van der Waals surface area contributed by atoms with E-state index in [1.807, 2.05) is 0 Å². The Balaban J connectivity index is 1.62. The second-order valence-corrected chi connectivity index (χ2v) is 8.10.